The standard InChI is InChI=1S/C19H21N3O4/c1-24-17-10-14(12-20)5-6-16(17)26-9-3-4-18(23)22-13-15-7-8-21-19(11-15)25-2/h5-8,10-11H,3-4,9,13H2,1-2H3,(H,22,23). The van der Waals surface area contributed by atoms with E-state index < -0.39 is 0 Å². The zero-order valence-electron chi connectivity index (χ0n) is 14.8. The number of nitriles is 1. The molecule has 0 radical (unpaired) electrons. The van der Waals surface area contributed by atoms with Gasteiger partial charge in [-0.05, 0) is 30.2 Å². The molecule has 136 valence electrons. The van der Waals surface area contributed by atoms with Gasteiger partial charge in [0.1, 0.15) is 0 Å². The van der Waals surface area contributed by atoms with Crippen molar-refractivity contribution in [1.29, 1.82) is 5.26 Å². The summed E-state index contributed by atoms with van der Waals surface area (Å²) in [5, 5.41) is 11.7. The van der Waals surface area contributed by atoms with Crippen LogP contribution in [0.1, 0.15) is 24.0 Å². The summed E-state index contributed by atoms with van der Waals surface area (Å²) < 4.78 is 15.9. The molecule has 0 fully saturated rings. The lowest BCUT2D eigenvalue weighted by molar-refractivity contribution is -0.121. The zero-order valence-corrected chi connectivity index (χ0v) is 14.8. The van der Waals surface area contributed by atoms with Crippen molar-refractivity contribution < 1.29 is 19.0 Å². The maximum atomic E-state index is 11.9. The Labute approximate surface area is 152 Å². The van der Waals surface area contributed by atoms with Crippen molar-refractivity contribution in [3.05, 3.63) is 47.7 Å². The van der Waals surface area contributed by atoms with Gasteiger partial charge >= 0.3 is 0 Å². The number of methoxy groups -OCH3 is 2. The summed E-state index contributed by atoms with van der Waals surface area (Å²) in [5.74, 6) is 1.51. The largest absolute Gasteiger partial charge is 0.493 e. The fraction of sp³-hybridized carbons (Fsp3) is 0.316. The molecule has 0 bridgehead atoms. The number of rotatable bonds is 9. The minimum atomic E-state index is -0.0591. The highest BCUT2D eigenvalue weighted by atomic mass is 16.5. The molecule has 1 aromatic carbocycles. The number of carbonyl (C=O) groups is 1. The lowest BCUT2D eigenvalue weighted by Crippen LogP contribution is -2.23. The number of nitrogens with one attached hydrogen (secondary N) is 1. The van der Waals surface area contributed by atoms with Gasteiger partial charge in [-0.3, -0.25) is 4.79 Å². The van der Waals surface area contributed by atoms with Crippen molar-refractivity contribution in [2.75, 3.05) is 20.8 Å². The van der Waals surface area contributed by atoms with Crippen molar-refractivity contribution in [2.24, 2.45) is 0 Å². The summed E-state index contributed by atoms with van der Waals surface area (Å²) in [6.45, 7) is 0.792. The van der Waals surface area contributed by atoms with Crippen LogP contribution in [0, 0.1) is 11.3 Å². The lowest BCUT2D eigenvalue weighted by atomic mass is 10.2. The van der Waals surface area contributed by atoms with Gasteiger partial charge in [0.15, 0.2) is 11.5 Å². The smallest absolute Gasteiger partial charge is 0.220 e. The van der Waals surface area contributed by atoms with Gasteiger partial charge in [0, 0.05) is 31.3 Å². The number of hydrogen-bond acceptors (Lipinski definition) is 6. The summed E-state index contributed by atoms with van der Waals surface area (Å²) >= 11 is 0. The number of pyridine rings is 1. The SMILES string of the molecule is COc1cc(CNC(=O)CCCOc2ccc(C#N)cc2OC)ccn1. The highest BCUT2D eigenvalue weighted by Crippen LogP contribution is 2.27. The highest BCUT2D eigenvalue weighted by molar-refractivity contribution is 5.75. The fourth-order valence-corrected chi connectivity index (χ4v) is 2.23. The summed E-state index contributed by atoms with van der Waals surface area (Å²) in [5.41, 5.74) is 1.42. The van der Waals surface area contributed by atoms with Crippen LogP contribution in [0.2, 0.25) is 0 Å². The third kappa shape index (κ3) is 5.67. The Balaban J connectivity index is 1.72. The Kier molecular flexibility index (Phi) is 7.25. The zero-order chi connectivity index (χ0) is 18.8. The second-order valence-corrected chi connectivity index (χ2v) is 5.41. The molecule has 7 nitrogen and oxygen atoms in total. The summed E-state index contributed by atoms with van der Waals surface area (Å²) in [6.07, 6.45) is 2.55. The van der Waals surface area contributed by atoms with Gasteiger partial charge in [-0.25, -0.2) is 4.98 Å². The Morgan fingerprint density at radius 2 is 2.04 bits per heavy atom. The molecule has 1 amide bonds. The monoisotopic (exact) mass is 355 g/mol. The quantitative estimate of drug-likeness (QED) is 0.695. The van der Waals surface area contributed by atoms with Crippen LogP contribution >= 0.6 is 0 Å². The molecule has 0 saturated heterocycles. The van der Waals surface area contributed by atoms with E-state index >= 15 is 0 Å². The molecule has 0 saturated carbocycles. The van der Waals surface area contributed by atoms with Crippen molar-refractivity contribution in [2.45, 2.75) is 19.4 Å². The van der Waals surface area contributed by atoms with Crippen molar-refractivity contribution >= 4 is 5.91 Å². The molecule has 2 rings (SSSR count). The van der Waals surface area contributed by atoms with Crippen LogP contribution in [0.3, 0.4) is 0 Å². The Morgan fingerprint density at radius 1 is 1.19 bits per heavy atom. The molecular formula is C19H21N3O4. The lowest BCUT2D eigenvalue weighted by Gasteiger charge is -2.11. The van der Waals surface area contributed by atoms with Gasteiger partial charge in [-0.1, -0.05) is 0 Å². The maximum Gasteiger partial charge on any atom is 0.220 e. The van der Waals surface area contributed by atoms with Crippen molar-refractivity contribution in [3.63, 3.8) is 0 Å². The van der Waals surface area contributed by atoms with Crippen LogP contribution < -0.4 is 19.5 Å². The van der Waals surface area contributed by atoms with E-state index in [0.717, 1.165) is 5.56 Å². The number of carbonyl (C=O) groups excluding carboxylic acids is 1. The molecule has 0 aliphatic heterocycles. The molecule has 2 aromatic rings. The molecule has 0 aliphatic rings. The third-order valence-corrected chi connectivity index (χ3v) is 3.60. The Morgan fingerprint density at radius 3 is 2.77 bits per heavy atom. The molecule has 1 N–H and O–H groups in total. The fourth-order valence-electron chi connectivity index (χ4n) is 2.23. The predicted octanol–water partition coefficient (Wildman–Crippen LogP) is 2.45. The average molecular weight is 355 g/mol. The van der Waals surface area contributed by atoms with E-state index in [1.807, 2.05) is 12.1 Å². The molecule has 1 aromatic heterocycles. The Hall–Kier alpha value is -3.27. The topological polar surface area (TPSA) is 93.5 Å². The van der Waals surface area contributed by atoms with Gasteiger partial charge in [-0.15, -0.1) is 0 Å². The molecule has 0 unspecified atom stereocenters. The van der Waals surface area contributed by atoms with E-state index in [1.54, 1.807) is 37.6 Å². The van der Waals surface area contributed by atoms with Gasteiger partial charge in [0.2, 0.25) is 11.8 Å². The van der Waals surface area contributed by atoms with Crippen LogP contribution in [-0.2, 0) is 11.3 Å². The first-order valence-corrected chi connectivity index (χ1v) is 8.13. The normalized spacial score (nSPS) is 9.88. The van der Waals surface area contributed by atoms with Gasteiger partial charge in [0.25, 0.3) is 0 Å². The van der Waals surface area contributed by atoms with E-state index in [0.29, 0.717) is 48.9 Å². The van der Waals surface area contributed by atoms with Crippen LogP contribution in [0.5, 0.6) is 17.4 Å². The van der Waals surface area contributed by atoms with Gasteiger partial charge in [0.05, 0.1) is 32.5 Å². The number of aromatic nitrogens is 1. The van der Waals surface area contributed by atoms with E-state index in [1.165, 1.54) is 7.11 Å². The molecular weight excluding hydrogens is 334 g/mol. The predicted molar refractivity (Wildman–Crippen MR) is 95.1 cm³/mol. The number of ether oxygens (including phenoxy) is 3. The molecule has 0 atom stereocenters. The van der Waals surface area contributed by atoms with Crippen LogP contribution in [0.25, 0.3) is 0 Å². The van der Waals surface area contributed by atoms with E-state index in [9.17, 15) is 4.79 Å². The third-order valence-electron chi connectivity index (χ3n) is 3.60. The van der Waals surface area contributed by atoms with E-state index in [4.69, 9.17) is 19.5 Å². The second kappa shape index (κ2) is 9.89. The van der Waals surface area contributed by atoms with Crippen LogP contribution in [-0.4, -0.2) is 31.7 Å². The molecule has 0 spiro atoms. The number of hydrogen-bond donors (Lipinski definition) is 1. The average Bonchev–Trinajstić information content (AvgIpc) is 2.69. The molecule has 7 heteroatoms. The molecule has 0 aliphatic carbocycles. The second-order valence-electron chi connectivity index (χ2n) is 5.41. The summed E-state index contributed by atoms with van der Waals surface area (Å²) in [7, 11) is 3.07. The molecule has 26 heavy (non-hydrogen) atoms. The molecule has 1 heterocycles. The van der Waals surface area contributed by atoms with Crippen LogP contribution in [0.15, 0.2) is 36.5 Å². The summed E-state index contributed by atoms with van der Waals surface area (Å²) in [4.78, 5) is 15.9. The van der Waals surface area contributed by atoms with Crippen molar-refractivity contribution in [1.82, 2.24) is 10.3 Å². The first-order chi connectivity index (χ1) is 12.7. The van der Waals surface area contributed by atoms with Gasteiger partial charge < -0.3 is 19.5 Å². The van der Waals surface area contributed by atoms with Crippen LogP contribution in [0.4, 0.5) is 0 Å². The minimum Gasteiger partial charge on any atom is -0.493 e. The minimum absolute atomic E-state index is 0.0591. The number of nitrogens with zero attached hydrogens (tertiary/aromatic N) is 2. The van der Waals surface area contributed by atoms with Crippen molar-refractivity contribution in [3.8, 4) is 23.4 Å². The van der Waals surface area contributed by atoms with E-state index in [2.05, 4.69) is 10.3 Å². The number of amides is 1. The highest BCUT2D eigenvalue weighted by Gasteiger charge is 2.07. The first kappa shape index (κ1) is 19.1. The first-order valence-electron chi connectivity index (χ1n) is 8.13. The maximum absolute atomic E-state index is 11.9. The van der Waals surface area contributed by atoms with Gasteiger partial charge in [-0.2, -0.15) is 5.26 Å². The summed E-state index contributed by atoms with van der Waals surface area (Å²) in [6, 6.07) is 10.6. The van der Waals surface area contributed by atoms with E-state index in [-0.39, 0.29) is 5.91 Å². The number of benzene rings is 1. The Bertz CT molecular complexity index is 787.